The van der Waals surface area contributed by atoms with E-state index >= 15 is 0 Å². The lowest BCUT2D eigenvalue weighted by Gasteiger charge is -2.33. The van der Waals surface area contributed by atoms with Crippen LogP contribution in [0.1, 0.15) is 21.9 Å². The Balaban J connectivity index is 1.35. The average Bonchev–Trinajstić information content (AvgIpc) is 3.14. The summed E-state index contributed by atoms with van der Waals surface area (Å²) in [6, 6.07) is 14.2. The lowest BCUT2D eigenvalue weighted by atomic mass is 10.1. The molecule has 1 fully saturated rings. The first kappa shape index (κ1) is 22.0. The van der Waals surface area contributed by atoms with Gasteiger partial charge in [0.1, 0.15) is 17.1 Å². The van der Waals surface area contributed by atoms with Gasteiger partial charge in [0.15, 0.2) is 6.61 Å². The molecule has 1 aliphatic heterocycles. The Labute approximate surface area is 186 Å². The number of hydrogen-bond acceptors (Lipinski definition) is 6. The number of aryl methyl sites for hydroxylation is 2. The van der Waals surface area contributed by atoms with E-state index in [1.54, 1.807) is 38.1 Å². The fourth-order valence-electron chi connectivity index (χ4n) is 3.78. The van der Waals surface area contributed by atoms with Crippen LogP contribution in [-0.2, 0) is 19.6 Å². The molecule has 0 bridgehead atoms. The molecule has 8 nitrogen and oxygen atoms in total. The standard InChI is InChI=1S/C23H24N2O6S/c1-16-13-21(17(2)31-16)23(27)30-15-22(26)24-9-11-25(12-10-24)32(28,29)20-8-7-18-5-3-4-6-19(18)14-20/h3-8,13-14H,9-12,15H2,1-2H3. The van der Waals surface area contributed by atoms with E-state index in [1.807, 2.05) is 24.3 Å². The molecule has 0 radical (unpaired) electrons. The van der Waals surface area contributed by atoms with Crippen LogP contribution in [0, 0.1) is 13.8 Å². The van der Waals surface area contributed by atoms with E-state index in [0.29, 0.717) is 17.1 Å². The molecule has 1 aromatic heterocycles. The maximum atomic E-state index is 13.1. The summed E-state index contributed by atoms with van der Waals surface area (Å²) in [6.45, 7) is 3.78. The zero-order chi connectivity index (χ0) is 22.9. The largest absolute Gasteiger partial charge is 0.466 e. The lowest BCUT2D eigenvalue weighted by molar-refractivity contribution is -0.135. The molecule has 3 aromatic rings. The molecule has 168 valence electrons. The van der Waals surface area contributed by atoms with Crippen LogP contribution < -0.4 is 0 Å². The number of piperazine rings is 1. The van der Waals surface area contributed by atoms with Crippen molar-refractivity contribution >= 4 is 32.7 Å². The summed E-state index contributed by atoms with van der Waals surface area (Å²) in [4.78, 5) is 26.4. The van der Waals surface area contributed by atoms with Crippen molar-refractivity contribution in [2.24, 2.45) is 0 Å². The summed E-state index contributed by atoms with van der Waals surface area (Å²) in [6.07, 6.45) is 0. The van der Waals surface area contributed by atoms with Crippen LogP contribution >= 0.6 is 0 Å². The second-order valence-corrected chi connectivity index (χ2v) is 9.63. The fourth-order valence-corrected chi connectivity index (χ4v) is 5.24. The van der Waals surface area contributed by atoms with Gasteiger partial charge in [0, 0.05) is 26.2 Å². The van der Waals surface area contributed by atoms with Gasteiger partial charge in [0.2, 0.25) is 10.0 Å². The molecule has 1 aliphatic rings. The molecule has 0 spiro atoms. The number of amides is 1. The molecule has 9 heteroatoms. The minimum absolute atomic E-state index is 0.175. The maximum Gasteiger partial charge on any atom is 0.342 e. The highest BCUT2D eigenvalue weighted by molar-refractivity contribution is 7.89. The Hall–Kier alpha value is -3.17. The Kier molecular flexibility index (Phi) is 6.03. The normalized spacial score (nSPS) is 15.1. The fraction of sp³-hybridized carbons (Fsp3) is 0.304. The van der Waals surface area contributed by atoms with E-state index in [0.717, 1.165) is 10.8 Å². The highest BCUT2D eigenvalue weighted by Crippen LogP contribution is 2.23. The van der Waals surface area contributed by atoms with Crippen molar-refractivity contribution in [3.05, 3.63) is 65.6 Å². The predicted octanol–water partition coefficient (Wildman–Crippen LogP) is 2.74. The van der Waals surface area contributed by atoms with Crippen molar-refractivity contribution in [2.45, 2.75) is 18.7 Å². The Morgan fingerprint density at radius 2 is 1.66 bits per heavy atom. The number of hydrogen-bond donors (Lipinski definition) is 0. The number of carbonyl (C=O) groups excluding carboxylic acids is 2. The molecule has 4 rings (SSSR count). The topological polar surface area (TPSA) is 97.1 Å². The molecular weight excluding hydrogens is 432 g/mol. The third kappa shape index (κ3) is 4.39. The van der Waals surface area contributed by atoms with Gasteiger partial charge in [-0.25, -0.2) is 13.2 Å². The van der Waals surface area contributed by atoms with Crippen molar-refractivity contribution in [1.82, 2.24) is 9.21 Å². The van der Waals surface area contributed by atoms with Crippen molar-refractivity contribution in [1.29, 1.82) is 0 Å². The quantitative estimate of drug-likeness (QED) is 0.548. The Morgan fingerprint density at radius 1 is 0.969 bits per heavy atom. The van der Waals surface area contributed by atoms with Crippen LogP contribution in [0.25, 0.3) is 10.8 Å². The zero-order valence-electron chi connectivity index (χ0n) is 17.9. The predicted molar refractivity (Wildman–Crippen MR) is 118 cm³/mol. The van der Waals surface area contributed by atoms with Crippen molar-refractivity contribution in [3.63, 3.8) is 0 Å². The number of furan rings is 1. The van der Waals surface area contributed by atoms with Crippen molar-refractivity contribution < 1.29 is 27.2 Å². The summed E-state index contributed by atoms with van der Waals surface area (Å²) < 4.78 is 37.9. The van der Waals surface area contributed by atoms with Crippen LogP contribution in [0.5, 0.6) is 0 Å². The Bertz CT molecular complexity index is 1270. The number of fused-ring (bicyclic) bond motifs is 1. The average molecular weight is 457 g/mol. The van der Waals surface area contributed by atoms with Crippen LogP contribution in [0.3, 0.4) is 0 Å². The van der Waals surface area contributed by atoms with Gasteiger partial charge in [-0.1, -0.05) is 30.3 Å². The molecule has 0 saturated carbocycles. The summed E-state index contributed by atoms with van der Waals surface area (Å²) in [5.41, 5.74) is 0.293. The van der Waals surface area contributed by atoms with E-state index < -0.39 is 22.6 Å². The SMILES string of the molecule is Cc1cc(C(=O)OCC(=O)N2CCN(S(=O)(=O)c3ccc4ccccc4c3)CC2)c(C)o1. The highest BCUT2D eigenvalue weighted by Gasteiger charge is 2.30. The Morgan fingerprint density at radius 3 is 2.31 bits per heavy atom. The second-order valence-electron chi connectivity index (χ2n) is 7.70. The lowest BCUT2D eigenvalue weighted by Crippen LogP contribution is -2.51. The highest BCUT2D eigenvalue weighted by atomic mass is 32.2. The molecule has 0 N–H and O–H groups in total. The molecule has 2 heterocycles. The minimum atomic E-state index is -3.67. The first-order valence-electron chi connectivity index (χ1n) is 10.3. The minimum Gasteiger partial charge on any atom is -0.466 e. The summed E-state index contributed by atoms with van der Waals surface area (Å²) in [5, 5.41) is 1.82. The first-order chi connectivity index (χ1) is 15.3. The molecule has 32 heavy (non-hydrogen) atoms. The van der Waals surface area contributed by atoms with Gasteiger partial charge >= 0.3 is 5.97 Å². The van der Waals surface area contributed by atoms with Crippen LogP contribution in [0.2, 0.25) is 0 Å². The number of sulfonamides is 1. The van der Waals surface area contributed by atoms with E-state index in [4.69, 9.17) is 9.15 Å². The van der Waals surface area contributed by atoms with Crippen molar-refractivity contribution in [2.75, 3.05) is 32.8 Å². The van der Waals surface area contributed by atoms with Gasteiger partial charge in [-0.3, -0.25) is 4.79 Å². The van der Waals surface area contributed by atoms with Gasteiger partial charge < -0.3 is 14.1 Å². The second kappa shape index (κ2) is 8.76. The van der Waals surface area contributed by atoms with Crippen LogP contribution in [0.15, 0.2) is 57.8 Å². The molecule has 1 saturated heterocycles. The number of carbonyl (C=O) groups is 2. The third-order valence-corrected chi connectivity index (χ3v) is 7.43. The molecule has 0 aliphatic carbocycles. The third-order valence-electron chi connectivity index (χ3n) is 5.54. The van der Waals surface area contributed by atoms with E-state index in [2.05, 4.69) is 0 Å². The van der Waals surface area contributed by atoms with E-state index in [1.165, 1.54) is 9.21 Å². The molecule has 2 aromatic carbocycles. The number of nitrogens with zero attached hydrogens (tertiary/aromatic N) is 2. The maximum absolute atomic E-state index is 13.1. The first-order valence-corrected chi connectivity index (χ1v) is 11.7. The molecule has 0 atom stereocenters. The van der Waals surface area contributed by atoms with Crippen LogP contribution in [0.4, 0.5) is 0 Å². The molecular formula is C23H24N2O6S. The van der Waals surface area contributed by atoms with E-state index in [9.17, 15) is 18.0 Å². The molecule has 0 unspecified atom stereocenters. The molecule has 1 amide bonds. The van der Waals surface area contributed by atoms with Crippen LogP contribution in [-0.4, -0.2) is 62.3 Å². The monoisotopic (exact) mass is 456 g/mol. The number of rotatable bonds is 5. The van der Waals surface area contributed by atoms with Gasteiger partial charge in [0.25, 0.3) is 5.91 Å². The van der Waals surface area contributed by atoms with E-state index in [-0.39, 0.29) is 37.0 Å². The van der Waals surface area contributed by atoms with Gasteiger partial charge in [0.05, 0.1) is 4.90 Å². The van der Waals surface area contributed by atoms with Crippen molar-refractivity contribution in [3.8, 4) is 0 Å². The number of ether oxygens (including phenoxy) is 1. The zero-order valence-corrected chi connectivity index (χ0v) is 18.7. The van der Waals surface area contributed by atoms with Gasteiger partial charge in [-0.05, 0) is 42.8 Å². The smallest absolute Gasteiger partial charge is 0.342 e. The van der Waals surface area contributed by atoms with Gasteiger partial charge in [-0.15, -0.1) is 0 Å². The van der Waals surface area contributed by atoms with Gasteiger partial charge in [-0.2, -0.15) is 4.31 Å². The summed E-state index contributed by atoms with van der Waals surface area (Å²) in [7, 11) is -3.67. The summed E-state index contributed by atoms with van der Waals surface area (Å²) in [5.74, 6) is 0.0428. The number of benzene rings is 2. The number of esters is 1. The summed E-state index contributed by atoms with van der Waals surface area (Å²) >= 11 is 0.